The van der Waals surface area contributed by atoms with Gasteiger partial charge in [0.2, 0.25) is 5.91 Å². The molecule has 0 aliphatic heterocycles. The topological polar surface area (TPSA) is 95.9 Å². The molecule has 0 aromatic heterocycles. The Morgan fingerprint density at radius 3 is 0.887 bits per heavy atom. The Morgan fingerprint density at radius 1 is 0.338 bits per heavy atom. The van der Waals surface area contributed by atoms with Crippen molar-refractivity contribution in [3.63, 3.8) is 0 Å². The van der Waals surface area contributed by atoms with Gasteiger partial charge in [0.1, 0.15) is 0 Å². The monoisotopic (exact) mass is 1130 g/mol. The fraction of sp³-hybridized carbons (Fsp3) is 0.946. The number of unbranched alkanes of at least 4 members (excludes halogenated alkanes) is 57. The summed E-state index contributed by atoms with van der Waals surface area (Å²) in [6.45, 7) is 5.00. The summed E-state index contributed by atoms with van der Waals surface area (Å²) >= 11 is 0. The molecule has 476 valence electrons. The molecule has 0 fully saturated rings. The Labute approximate surface area is 501 Å². The molecule has 0 aromatic carbocycles. The number of hydrogen-bond donors (Lipinski definition) is 3. The minimum absolute atomic E-state index is 0.0160. The van der Waals surface area contributed by atoms with E-state index in [0.717, 1.165) is 44.9 Å². The molecule has 0 radical (unpaired) electrons. The zero-order valence-electron chi connectivity index (χ0n) is 54.6. The highest BCUT2D eigenvalue weighted by Gasteiger charge is 2.20. The standard InChI is InChI=1S/C74H145NO5/c1-3-5-7-9-11-13-15-17-19-21-31-35-38-42-46-50-54-58-62-66-72(77)71(70-76)75-73(78)67-63-59-55-51-47-43-39-36-32-29-27-25-23-22-24-26-28-30-33-37-41-45-49-53-57-61-65-69-80-74(79)68-64-60-56-52-48-44-40-34-20-18-16-14-12-10-8-6-4-2/h18,20,71-72,76-77H,3-17,19,21-70H2,1-2H3,(H,75,78)/b20-18-. The lowest BCUT2D eigenvalue weighted by Crippen LogP contribution is -2.45. The lowest BCUT2D eigenvalue weighted by Gasteiger charge is -2.22. The number of rotatable bonds is 70. The fourth-order valence-corrected chi connectivity index (χ4v) is 11.9. The molecule has 0 aliphatic rings. The maximum Gasteiger partial charge on any atom is 0.305 e. The van der Waals surface area contributed by atoms with Crippen molar-refractivity contribution < 1.29 is 24.5 Å². The average molecular weight is 1130 g/mol. The van der Waals surface area contributed by atoms with E-state index in [1.165, 1.54) is 347 Å². The first-order valence-electron chi connectivity index (χ1n) is 36.9. The van der Waals surface area contributed by atoms with Crippen LogP contribution >= 0.6 is 0 Å². The normalized spacial score (nSPS) is 12.5. The molecule has 1 amide bonds. The number of nitrogens with one attached hydrogen (secondary N) is 1. The summed E-state index contributed by atoms with van der Waals surface area (Å²) in [5.74, 6) is -0.0115. The van der Waals surface area contributed by atoms with Crippen molar-refractivity contribution in [1.82, 2.24) is 5.32 Å². The molecule has 0 aliphatic carbocycles. The molecule has 2 atom stereocenters. The molecule has 6 nitrogen and oxygen atoms in total. The van der Waals surface area contributed by atoms with Crippen molar-refractivity contribution >= 4 is 11.9 Å². The number of carbonyl (C=O) groups excluding carboxylic acids is 2. The van der Waals surface area contributed by atoms with E-state index in [-0.39, 0.29) is 18.5 Å². The fourth-order valence-electron chi connectivity index (χ4n) is 11.9. The van der Waals surface area contributed by atoms with Gasteiger partial charge in [0.15, 0.2) is 0 Å². The minimum atomic E-state index is -0.662. The summed E-state index contributed by atoms with van der Waals surface area (Å²) in [5.41, 5.74) is 0. The molecular formula is C74H145NO5. The Balaban J connectivity index is 3.34. The largest absolute Gasteiger partial charge is 0.466 e. The molecule has 0 bridgehead atoms. The van der Waals surface area contributed by atoms with Gasteiger partial charge in [-0.25, -0.2) is 0 Å². The third-order valence-corrected chi connectivity index (χ3v) is 17.6. The van der Waals surface area contributed by atoms with Gasteiger partial charge in [0.05, 0.1) is 25.4 Å². The van der Waals surface area contributed by atoms with Gasteiger partial charge in [-0.05, 0) is 51.4 Å². The van der Waals surface area contributed by atoms with E-state index in [2.05, 4.69) is 31.3 Å². The highest BCUT2D eigenvalue weighted by Crippen LogP contribution is 2.20. The Bertz CT molecular complexity index is 1210. The predicted octanol–water partition coefficient (Wildman–Crippen LogP) is 23.9. The number of allylic oxidation sites excluding steroid dienone is 2. The number of aliphatic hydroxyl groups excluding tert-OH is 2. The molecule has 80 heavy (non-hydrogen) atoms. The summed E-state index contributed by atoms with van der Waals surface area (Å²) < 4.78 is 5.51. The number of ether oxygens (including phenoxy) is 1. The molecule has 6 heteroatoms. The van der Waals surface area contributed by atoms with Crippen molar-refractivity contribution in [3.05, 3.63) is 12.2 Å². The second-order valence-corrected chi connectivity index (χ2v) is 25.6. The van der Waals surface area contributed by atoms with Crippen LogP contribution in [0.2, 0.25) is 0 Å². The van der Waals surface area contributed by atoms with E-state index in [9.17, 15) is 19.8 Å². The van der Waals surface area contributed by atoms with Gasteiger partial charge < -0.3 is 20.3 Å². The van der Waals surface area contributed by atoms with E-state index in [1.54, 1.807) is 0 Å². The van der Waals surface area contributed by atoms with Crippen LogP contribution in [0.3, 0.4) is 0 Å². The van der Waals surface area contributed by atoms with E-state index in [1.807, 2.05) is 0 Å². The van der Waals surface area contributed by atoms with E-state index < -0.39 is 12.1 Å². The molecule has 2 unspecified atom stereocenters. The zero-order chi connectivity index (χ0) is 57.8. The number of aliphatic hydroxyl groups is 2. The van der Waals surface area contributed by atoms with E-state index in [4.69, 9.17) is 4.74 Å². The van der Waals surface area contributed by atoms with Crippen LogP contribution in [0.1, 0.15) is 425 Å². The van der Waals surface area contributed by atoms with Crippen molar-refractivity contribution in [2.45, 2.75) is 437 Å². The maximum absolute atomic E-state index is 12.5. The molecular weight excluding hydrogens is 983 g/mol. The van der Waals surface area contributed by atoms with Gasteiger partial charge in [-0.15, -0.1) is 0 Å². The van der Waals surface area contributed by atoms with Crippen molar-refractivity contribution in [2.24, 2.45) is 0 Å². The van der Waals surface area contributed by atoms with Gasteiger partial charge in [-0.1, -0.05) is 373 Å². The van der Waals surface area contributed by atoms with Crippen LogP contribution in [0.5, 0.6) is 0 Å². The van der Waals surface area contributed by atoms with Crippen LogP contribution in [0.25, 0.3) is 0 Å². The number of esters is 1. The third kappa shape index (κ3) is 65.7. The van der Waals surface area contributed by atoms with Gasteiger partial charge in [-0.3, -0.25) is 9.59 Å². The highest BCUT2D eigenvalue weighted by molar-refractivity contribution is 5.76. The van der Waals surface area contributed by atoms with E-state index >= 15 is 0 Å². The van der Waals surface area contributed by atoms with Crippen LogP contribution in [0.4, 0.5) is 0 Å². The van der Waals surface area contributed by atoms with E-state index in [0.29, 0.717) is 25.9 Å². The van der Waals surface area contributed by atoms with Crippen LogP contribution in [-0.2, 0) is 14.3 Å². The first kappa shape index (κ1) is 78.6. The van der Waals surface area contributed by atoms with Gasteiger partial charge in [0, 0.05) is 12.8 Å². The van der Waals surface area contributed by atoms with Crippen molar-refractivity contribution in [1.29, 1.82) is 0 Å². The lowest BCUT2D eigenvalue weighted by molar-refractivity contribution is -0.143. The Kier molecular flexibility index (Phi) is 68.9. The molecule has 0 saturated carbocycles. The summed E-state index contributed by atoms with van der Waals surface area (Å²) in [4.78, 5) is 24.6. The summed E-state index contributed by atoms with van der Waals surface area (Å²) in [7, 11) is 0. The van der Waals surface area contributed by atoms with Crippen LogP contribution < -0.4 is 5.32 Å². The molecule has 0 heterocycles. The first-order valence-corrected chi connectivity index (χ1v) is 36.9. The van der Waals surface area contributed by atoms with Gasteiger partial charge in [-0.2, -0.15) is 0 Å². The smallest absolute Gasteiger partial charge is 0.305 e. The van der Waals surface area contributed by atoms with Gasteiger partial charge in [0.25, 0.3) is 0 Å². The zero-order valence-corrected chi connectivity index (χ0v) is 54.6. The second kappa shape index (κ2) is 70.1. The summed E-state index contributed by atoms with van der Waals surface area (Å²) in [5, 5.41) is 23.4. The summed E-state index contributed by atoms with van der Waals surface area (Å²) in [6, 6.07) is -0.539. The lowest BCUT2D eigenvalue weighted by atomic mass is 10.0. The quantitative estimate of drug-likeness (QED) is 0.0320. The van der Waals surface area contributed by atoms with Crippen LogP contribution in [0.15, 0.2) is 12.2 Å². The predicted molar refractivity (Wildman–Crippen MR) is 352 cm³/mol. The molecule has 0 spiro atoms. The Hall–Kier alpha value is -1.40. The van der Waals surface area contributed by atoms with Crippen LogP contribution in [-0.4, -0.2) is 47.4 Å². The van der Waals surface area contributed by atoms with Crippen molar-refractivity contribution in [3.8, 4) is 0 Å². The average Bonchev–Trinajstić information content (AvgIpc) is 3.46. The molecule has 0 rings (SSSR count). The highest BCUT2D eigenvalue weighted by atomic mass is 16.5. The summed E-state index contributed by atoms with van der Waals surface area (Å²) in [6.07, 6.45) is 87.0. The number of carbonyl (C=O) groups is 2. The Morgan fingerprint density at radius 2 is 0.588 bits per heavy atom. The minimum Gasteiger partial charge on any atom is -0.466 e. The molecule has 0 aromatic rings. The third-order valence-electron chi connectivity index (χ3n) is 17.6. The number of amides is 1. The maximum atomic E-state index is 12.5. The number of hydrogen-bond acceptors (Lipinski definition) is 5. The van der Waals surface area contributed by atoms with Crippen LogP contribution in [0, 0.1) is 0 Å². The van der Waals surface area contributed by atoms with Gasteiger partial charge >= 0.3 is 5.97 Å². The van der Waals surface area contributed by atoms with Crippen molar-refractivity contribution in [2.75, 3.05) is 13.2 Å². The second-order valence-electron chi connectivity index (χ2n) is 25.6. The SMILES string of the molecule is CCCCCCCC/C=C\CCCCCCCCCC(=O)OCCCCCCCCCCCCCCCCCCCCCCCCCCCCCC(=O)NC(CO)C(O)CCCCCCCCCCCCCCCCCCCCC. The molecule has 0 saturated heterocycles. The first-order chi connectivity index (χ1) is 39.5. The molecule has 3 N–H and O–H groups in total.